The van der Waals surface area contributed by atoms with Crippen molar-refractivity contribution in [3.05, 3.63) is 21.9 Å². The molecule has 1 heterocycles. The van der Waals surface area contributed by atoms with Crippen LogP contribution in [0.4, 0.5) is 0 Å². The summed E-state index contributed by atoms with van der Waals surface area (Å²) < 4.78 is 0. The lowest BCUT2D eigenvalue weighted by atomic mass is 10.1. The van der Waals surface area contributed by atoms with Crippen molar-refractivity contribution in [1.29, 1.82) is 0 Å². The van der Waals surface area contributed by atoms with E-state index < -0.39 is 0 Å². The quantitative estimate of drug-likeness (QED) is 0.783. The molecule has 0 aliphatic carbocycles. The molecule has 86 valence electrons. The summed E-state index contributed by atoms with van der Waals surface area (Å²) in [7, 11) is 0. The highest BCUT2D eigenvalue weighted by atomic mass is 32.1. The third-order valence-electron chi connectivity index (χ3n) is 2.52. The van der Waals surface area contributed by atoms with E-state index in [1.54, 1.807) is 0 Å². The Morgan fingerprint density at radius 1 is 1.40 bits per heavy atom. The van der Waals surface area contributed by atoms with Crippen LogP contribution in [0.25, 0.3) is 0 Å². The van der Waals surface area contributed by atoms with Crippen molar-refractivity contribution in [2.45, 2.75) is 45.7 Å². The molecule has 0 aliphatic heterocycles. The molecule has 1 rings (SSSR count). The number of hydrogen-bond acceptors (Lipinski definition) is 3. The van der Waals surface area contributed by atoms with Gasteiger partial charge in [-0.1, -0.05) is 0 Å². The molecule has 0 aromatic carbocycles. The van der Waals surface area contributed by atoms with Gasteiger partial charge >= 0.3 is 0 Å². The highest BCUT2D eigenvalue weighted by Gasteiger charge is 2.10. The van der Waals surface area contributed by atoms with Crippen molar-refractivity contribution in [3.8, 4) is 0 Å². The minimum absolute atomic E-state index is 0.290. The van der Waals surface area contributed by atoms with Crippen LogP contribution in [-0.2, 0) is 0 Å². The molecular weight excluding hydrogens is 206 g/mol. The van der Waals surface area contributed by atoms with Crippen molar-refractivity contribution < 1.29 is 5.11 Å². The summed E-state index contributed by atoms with van der Waals surface area (Å²) in [5, 5.41) is 12.3. The summed E-state index contributed by atoms with van der Waals surface area (Å²) in [6.07, 6.45) is 1.91. The van der Waals surface area contributed by atoms with Gasteiger partial charge in [0.15, 0.2) is 0 Å². The van der Waals surface area contributed by atoms with Crippen molar-refractivity contribution in [2.24, 2.45) is 0 Å². The minimum Gasteiger partial charge on any atom is -0.396 e. The van der Waals surface area contributed by atoms with Crippen LogP contribution in [0.1, 0.15) is 42.5 Å². The zero-order valence-electron chi connectivity index (χ0n) is 9.79. The summed E-state index contributed by atoms with van der Waals surface area (Å²) in [6.45, 7) is 6.79. The van der Waals surface area contributed by atoms with Crippen molar-refractivity contribution in [3.63, 3.8) is 0 Å². The molecule has 0 fully saturated rings. The first kappa shape index (κ1) is 12.7. The van der Waals surface area contributed by atoms with Gasteiger partial charge in [0.2, 0.25) is 0 Å². The fourth-order valence-electron chi connectivity index (χ4n) is 1.68. The molecule has 3 heteroatoms. The topological polar surface area (TPSA) is 32.3 Å². The third kappa shape index (κ3) is 4.33. The van der Waals surface area contributed by atoms with Gasteiger partial charge in [0.25, 0.3) is 0 Å². The van der Waals surface area contributed by atoms with Gasteiger partial charge in [-0.2, -0.15) is 0 Å². The lowest BCUT2D eigenvalue weighted by Gasteiger charge is -2.18. The zero-order chi connectivity index (χ0) is 11.3. The average Bonchev–Trinajstić information content (AvgIpc) is 2.61. The summed E-state index contributed by atoms with van der Waals surface area (Å²) in [6, 6.07) is 5.24. The van der Waals surface area contributed by atoms with E-state index in [0.717, 1.165) is 12.8 Å². The highest BCUT2D eigenvalue weighted by molar-refractivity contribution is 7.12. The summed E-state index contributed by atoms with van der Waals surface area (Å²) in [5.74, 6) is 0. The molecular formula is C12H21NOS. The van der Waals surface area contributed by atoms with Gasteiger partial charge in [-0.15, -0.1) is 11.3 Å². The molecule has 2 nitrogen and oxygen atoms in total. The Morgan fingerprint density at radius 3 is 2.67 bits per heavy atom. The fraction of sp³-hybridized carbons (Fsp3) is 0.667. The lowest BCUT2D eigenvalue weighted by Crippen LogP contribution is -2.28. The van der Waals surface area contributed by atoms with Crippen LogP contribution >= 0.6 is 11.3 Å². The van der Waals surface area contributed by atoms with Gasteiger partial charge in [-0.25, -0.2) is 0 Å². The zero-order valence-corrected chi connectivity index (χ0v) is 10.6. The van der Waals surface area contributed by atoms with Gasteiger partial charge in [0.1, 0.15) is 0 Å². The maximum absolute atomic E-state index is 8.74. The van der Waals surface area contributed by atoms with E-state index in [-0.39, 0.29) is 0 Å². The summed E-state index contributed by atoms with van der Waals surface area (Å²) >= 11 is 1.85. The van der Waals surface area contributed by atoms with E-state index in [2.05, 4.69) is 38.2 Å². The Hall–Kier alpha value is -0.380. The van der Waals surface area contributed by atoms with E-state index in [4.69, 9.17) is 5.11 Å². The molecule has 0 unspecified atom stereocenters. The van der Waals surface area contributed by atoms with Gasteiger partial charge in [0, 0.05) is 28.4 Å². The molecule has 0 radical (unpaired) electrons. The number of aryl methyl sites for hydroxylation is 1. The Morgan fingerprint density at radius 2 is 2.13 bits per heavy atom. The lowest BCUT2D eigenvalue weighted by molar-refractivity contribution is 0.274. The van der Waals surface area contributed by atoms with Crippen LogP contribution in [0.2, 0.25) is 0 Å². The highest BCUT2D eigenvalue weighted by Crippen LogP contribution is 2.22. The first-order chi connectivity index (χ1) is 7.13. The van der Waals surface area contributed by atoms with Crippen LogP contribution in [-0.4, -0.2) is 17.8 Å². The molecule has 0 spiro atoms. The van der Waals surface area contributed by atoms with Crippen LogP contribution in [0.3, 0.4) is 0 Å². The molecule has 2 atom stereocenters. The second-order valence-corrected chi connectivity index (χ2v) is 5.42. The predicted molar refractivity (Wildman–Crippen MR) is 66.4 cm³/mol. The van der Waals surface area contributed by atoms with E-state index >= 15 is 0 Å². The molecule has 0 saturated carbocycles. The number of thiophene rings is 1. The van der Waals surface area contributed by atoms with Crippen LogP contribution < -0.4 is 5.32 Å². The van der Waals surface area contributed by atoms with Crippen LogP contribution in [0.5, 0.6) is 0 Å². The number of rotatable bonds is 6. The number of nitrogens with one attached hydrogen (secondary N) is 1. The maximum atomic E-state index is 8.74. The number of aliphatic hydroxyl groups is 1. The van der Waals surface area contributed by atoms with E-state index in [1.807, 2.05) is 11.3 Å². The van der Waals surface area contributed by atoms with Gasteiger partial charge in [-0.3, -0.25) is 0 Å². The second kappa shape index (κ2) is 6.26. The average molecular weight is 227 g/mol. The van der Waals surface area contributed by atoms with Crippen molar-refractivity contribution in [1.82, 2.24) is 5.32 Å². The Labute approximate surface area is 96.3 Å². The largest absolute Gasteiger partial charge is 0.396 e. The molecule has 0 aliphatic rings. The molecule has 2 N–H and O–H groups in total. The normalized spacial score (nSPS) is 15.2. The van der Waals surface area contributed by atoms with Crippen molar-refractivity contribution in [2.75, 3.05) is 6.61 Å². The molecule has 1 aromatic rings. The second-order valence-electron chi connectivity index (χ2n) is 4.10. The first-order valence-corrected chi connectivity index (χ1v) is 6.38. The first-order valence-electron chi connectivity index (χ1n) is 5.56. The molecule has 0 amide bonds. The van der Waals surface area contributed by atoms with Gasteiger partial charge in [-0.05, 0) is 45.7 Å². The predicted octanol–water partition coefficient (Wildman–Crippen LogP) is 2.87. The van der Waals surface area contributed by atoms with E-state index in [1.165, 1.54) is 9.75 Å². The third-order valence-corrected chi connectivity index (χ3v) is 3.70. The van der Waals surface area contributed by atoms with E-state index in [9.17, 15) is 0 Å². The van der Waals surface area contributed by atoms with Gasteiger partial charge < -0.3 is 10.4 Å². The molecule has 15 heavy (non-hydrogen) atoms. The van der Waals surface area contributed by atoms with Crippen LogP contribution in [0.15, 0.2) is 12.1 Å². The van der Waals surface area contributed by atoms with Crippen LogP contribution in [0, 0.1) is 6.92 Å². The smallest absolute Gasteiger partial charge is 0.0431 e. The SMILES string of the molecule is Cc1ccc([C@H](C)N[C@@H](C)CCCO)s1. The standard InChI is InChI=1S/C12H21NOS/c1-9(5-4-8-14)13-11(3)12-7-6-10(2)15-12/h6-7,9,11,13-14H,4-5,8H2,1-3H3/t9-,11-/m0/s1. The Bertz CT molecular complexity index is 285. The molecule has 0 saturated heterocycles. The minimum atomic E-state index is 0.290. The van der Waals surface area contributed by atoms with Crippen molar-refractivity contribution >= 4 is 11.3 Å². The summed E-state index contributed by atoms with van der Waals surface area (Å²) in [4.78, 5) is 2.75. The molecule has 1 aromatic heterocycles. The Kier molecular flexibility index (Phi) is 5.29. The number of aliphatic hydroxyl groups excluding tert-OH is 1. The molecule has 0 bridgehead atoms. The maximum Gasteiger partial charge on any atom is 0.0431 e. The monoisotopic (exact) mass is 227 g/mol. The number of hydrogen-bond donors (Lipinski definition) is 2. The Balaban J connectivity index is 2.38. The summed E-state index contributed by atoms with van der Waals surface area (Å²) in [5.41, 5.74) is 0. The van der Waals surface area contributed by atoms with E-state index in [0.29, 0.717) is 18.7 Å². The van der Waals surface area contributed by atoms with Gasteiger partial charge in [0.05, 0.1) is 0 Å². The fourth-order valence-corrected chi connectivity index (χ4v) is 2.56.